The van der Waals surface area contributed by atoms with Gasteiger partial charge in [-0.1, -0.05) is 5.28 Å². The standard InChI is InChI=1S/C11H14BrFN8O6/c12-5-1-4(2-6(22)7(5)13)16-10(17-25)8-9(19-27-18-8)15-3-11(23,24)20-21(14)26/h1-2,20,22-26H,3,14H2,(H,15,19)(H,16,17). The van der Waals surface area contributed by atoms with Crippen molar-refractivity contribution < 1.29 is 34.8 Å². The maximum atomic E-state index is 13.4. The lowest BCUT2D eigenvalue weighted by Crippen LogP contribution is -2.59. The summed E-state index contributed by atoms with van der Waals surface area (Å²) in [5.41, 5.74) is 3.21. The van der Waals surface area contributed by atoms with Crippen LogP contribution in [0.5, 0.6) is 5.75 Å². The molecule has 0 aliphatic heterocycles. The Morgan fingerprint density at radius 1 is 1.41 bits per heavy atom. The van der Waals surface area contributed by atoms with E-state index in [2.05, 4.69) is 41.2 Å². The summed E-state index contributed by atoms with van der Waals surface area (Å²) in [6.07, 6.45) is 0. The zero-order valence-corrected chi connectivity index (χ0v) is 14.7. The molecule has 1 aromatic carbocycles. The second-order valence-corrected chi connectivity index (χ2v) is 5.78. The van der Waals surface area contributed by atoms with Crippen molar-refractivity contribution >= 4 is 33.3 Å². The minimum absolute atomic E-state index is 0.0191. The molecule has 0 saturated carbocycles. The van der Waals surface area contributed by atoms with Gasteiger partial charge in [0, 0.05) is 6.07 Å². The second kappa shape index (κ2) is 8.50. The summed E-state index contributed by atoms with van der Waals surface area (Å²) in [6, 6.07) is 2.19. The van der Waals surface area contributed by atoms with Crippen LogP contribution in [0.25, 0.3) is 0 Å². The first-order valence-electron chi connectivity index (χ1n) is 6.83. The van der Waals surface area contributed by atoms with Crippen molar-refractivity contribution in [1.29, 1.82) is 0 Å². The van der Waals surface area contributed by atoms with Crippen LogP contribution in [-0.2, 0) is 0 Å². The molecule has 16 heteroatoms. The number of amidine groups is 1. The van der Waals surface area contributed by atoms with Crippen LogP contribution in [0.2, 0.25) is 0 Å². The Hall–Kier alpha value is -2.44. The summed E-state index contributed by atoms with van der Waals surface area (Å²) in [7, 11) is 0. The molecule has 148 valence electrons. The smallest absolute Gasteiger partial charge is 0.256 e. The number of hydrazine groups is 2. The van der Waals surface area contributed by atoms with Crippen LogP contribution < -0.4 is 22.1 Å². The minimum Gasteiger partial charge on any atom is -0.505 e. The highest BCUT2D eigenvalue weighted by atomic mass is 79.9. The van der Waals surface area contributed by atoms with Gasteiger partial charge in [-0.3, -0.25) is 15.9 Å². The van der Waals surface area contributed by atoms with Crippen LogP contribution in [0.15, 0.2) is 26.2 Å². The summed E-state index contributed by atoms with van der Waals surface area (Å²) in [5.74, 6) is -0.00417. The molecule has 0 radical (unpaired) electrons. The Balaban J connectivity index is 2.25. The lowest BCUT2D eigenvalue weighted by atomic mass is 10.3. The van der Waals surface area contributed by atoms with Gasteiger partial charge in [-0.05, 0) is 32.3 Å². The highest BCUT2D eigenvalue weighted by Gasteiger charge is 2.26. The summed E-state index contributed by atoms with van der Waals surface area (Å²) in [6.45, 7) is -0.677. The van der Waals surface area contributed by atoms with E-state index in [0.717, 1.165) is 6.07 Å². The number of anilines is 1. The third-order valence-corrected chi connectivity index (χ3v) is 3.43. The van der Waals surface area contributed by atoms with Gasteiger partial charge in [-0.15, -0.1) is 0 Å². The molecule has 0 atom stereocenters. The number of nitrogens with zero attached hydrogens (tertiary/aromatic N) is 4. The average Bonchev–Trinajstić information content (AvgIpc) is 3.03. The Morgan fingerprint density at radius 3 is 2.70 bits per heavy atom. The number of hydroxylamine groups is 1. The van der Waals surface area contributed by atoms with Gasteiger partial charge in [0.2, 0.25) is 5.82 Å². The zero-order chi connectivity index (χ0) is 20.2. The normalized spacial score (nSPS) is 12.5. The first kappa shape index (κ1) is 20.9. The Kier molecular flexibility index (Phi) is 6.57. The van der Waals surface area contributed by atoms with Crippen molar-refractivity contribution in [2.45, 2.75) is 5.91 Å². The van der Waals surface area contributed by atoms with E-state index in [1.165, 1.54) is 6.07 Å². The predicted octanol–water partition coefficient (Wildman–Crippen LogP) is -1.15. The topological polar surface area (TPSA) is 218 Å². The SMILES string of the molecule is NN(O)NC(O)(O)CNc1nonc1C(=Nc1cc(O)c(F)c(Br)c1)NO. The van der Waals surface area contributed by atoms with Crippen LogP contribution in [0.3, 0.4) is 0 Å². The van der Waals surface area contributed by atoms with Crippen molar-refractivity contribution in [3.8, 4) is 5.75 Å². The van der Waals surface area contributed by atoms with E-state index in [9.17, 15) is 24.9 Å². The maximum absolute atomic E-state index is 13.4. The number of aromatic hydroxyl groups is 1. The number of hydrogen-bond acceptors (Lipinski definition) is 13. The zero-order valence-electron chi connectivity index (χ0n) is 13.1. The highest BCUT2D eigenvalue weighted by Crippen LogP contribution is 2.30. The molecule has 0 unspecified atom stereocenters. The van der Waals surface area contributed by atoms with Gasteiger partial charge in [0.15, 0.2) is 23.1 Å². The van der Waals surface area contributed by atoms with Crippen LogP contribution in [0.4, 0.5) is 15.9 Å². The van der Waals surface area contributed by atoms with Crippen molar-refractivity contribution in [1.82, 2.24) is 26.5 Å². The number of halogens is 2. The van der Waals surface area contributed by atoms with E-state index < -0.39 is 24.0 Å². The van der Waals surface area contributed by atoms with Crippen molar-refractivity contribution in [2.75, 3.05) is 11.9 Å². The third-order valence-electron chi connectivity index (χ3n) is 2.85. The van der Waals surface area contributed by atoms with Crippen LogP contribution in [-0.4, -0.2) is 59.6 Å². The van der Waals surface area contributed by atoms with Gasteiger partial charge in [0.25, 0.3) is 5.91 Å². The molecule has 1 aromatic heterocycles. The number of aliphatic imine (C=N–C) groups is 1. The van der Waals surface area contributed by atoms with Crippen molar-refractivity contribution in [3.63, 3.8) is 0 Å². The van der Waals surface area contributed by atoms with E-state index in [1.54, 1.807) is 10.9 Å². The van der Waals surface area contributed by atoms with Gasteiger partial charge in [-0.25, -0.2) is 19.9 Å². The molecule has 0 bridgehead atoms. The molecule has 0 fully saturated rings. The number of hydrogen-bond donors (Lipinski definition) is 9. The summed E-state index contributed by atoms with van der Waals surface area (Å²) >= 11 is 2.90. The molecule has 2 rings (SSSR count). The molecule has 0 aliphatic rings. The molecule has 27 heavy (non-hydrogen) atoms. The molecule has 1 heterocycles. The van der Waals surface area contributed by atoms with Gasteiger partial charge < -0.3 is 20.6 Å². The van der Waals surface area contributed by atoms with Gasteiger partial charge in [0.1, 0.15) is 0 Å². The molecular formula is C11H14BrFN8O6. The summed E-state index contributed by atoms with van der Waals surface area (Å²) in [4.78, 5) is 3.92. The van der Waals surface area contributed by atoms with Gasteiger partial charge in [0.05, 0.1) is 16.7 Å². The van der Waals surface area contributed by atoms with Crippen LogP contribution >= 0.6 is 15.9 Å². The van der Waals surface area contributed by atoms with Crippen molar-refractivity contribution in [3.05, 3.63) is 28.1 Å². The average molecular weight is 453 g/mol. The number of rotatable bonds is 7. The Morgan fingerprint density at radius 2 is 2.11 bits per heavy atom. The third kappa shape index (κ3) is 5.52. The Bertz CT molecular complexity index is 808. The van der Waals surface area contributed by atoms with Gasteiger partial charge >= 0.3 is 0 Å². The molecule has 2 aromatic rings. The largest absolute Gasteiger partial charge is 0.505 e. The van der Waals surface area contributed by atoms with Crippen LogP contribution in [0.1, 0.15) is 5.69 Å². The molecule has 0 saturated heterocycles. The number of phenolic OH excluding ortho intramolecular Hbond substituents is 1. The monoisotopic (exact) mass is 452 g/mol. The maximum Gasteiger partial charge on any atom is 0.256 e. The molecular weight excluding hydrogens is 439 g/mol. The molecule has 0 amide bonds. The number of aromatic nitrogens is 2. The molecule has 0 aliphatic carbocycles. The van der Waals surface area contributed by atoms with E-state index in [4.69, 9.17) is 11.0 Å². The first-order valence-corrected chi connectivity index (χ1v) is 7.62. The molecule has 10 N–H and O–H groups in total. The van der Waals surface area contributed by atoms with Gasteiger partial charge in [-0.2, -0.15) is 5.43 Å². The van der Waals surface area contributed by atoms with E-state index in [-0.39, 0.29) is 32.8 Å². The quantitative estimate of drug-likeness (QED) is 0.0797. The Labute approximate surface area is 157 Å². The summed E-state index contributed by atoms with van der Waals surface area (Å²) < 4.78 is 17.8. The molecule has 0 spiro atoms. The van der Waals surface area contributed by atoms with E-state index >= 15 is 0 Å². The number of phenols is 1. The second-order valence-electron chi connectivity index (χ2n) is 4.92. The molecule has 14 nitrogen and oxygen atoms in total. The van der Waals surface area contributed by atoms with Crippen molar-refractivity contribution in [2.24, 2.45) is 10.8 Å². The van der Waals surface area contributed by atoms with E-state index in [0.29, 0.717) is 0 Å². The predicted molar refractivity (Wildman–Crippen MR) is 87.8 cm³/mol. The number of nitrogens with one attached hydrogen (secondary N) is 3. The van der Waals surface area contributed by atoms with Crippen LogP contribution in [0, 0.1) is 5.82 Å². The number of aliphatic hydroxyl groups is 2. The fourth-order valence-corrected chi connectivity index (χ4v) is 2.21. The van der Waals surface area contributed by atoms with E-state index in [1.807, 2.05) is 0 Å². The highest BCUT2D eigenvalue weighted by molar-refractivity contribution is 9.10. The number of nitrogens with two attached hydrogens (primary N) is 1. The summed E-state index contributed by atoms with van der Waals surface area (Å²) in [5, 5.41) is 55.8. The number of benzene rings is 1. The first-order chi connectivity index (χ1) is 12.6. The minimum atomic E-state index is -2.70. The lowest BCUT2D eigenvalue weighted by Gasteiger charge is -2.24. The lowest BCUT2D eigenvalue weighted by molar-refractivity contribution is -0.275. The fourth-order valence-electron chi connectivity index (χ4n) is 1.78. The fraction of sp³-hybridized carbons (Fsp3) is 0.182.